The van der Waals surface area contributed by atoms with Gasteiger partial charge < -0.3 is 20.5 Å². The van der Waals surface area contributed by atoms with Crippen LogP contribution < -0.4 is 10.8 Å². The first-order valence-electron chi connectivity index (χ1n) is 10.2. The van der Waals surface area contributed by atoms with Crippen LogP contribution in [-0.2, 0) is 22.6 Å². The molecule has 0 saturated carbocycles. The molecule has 8 heteroatoms. The van der Waals surface area contributed by atoms with E-state index in [9.17, 15) is 9.59 Å². The number of carboxylic acid groups (broad SMARTS) is 1. The quantitative estimate of drug-likeness (QED) is 0.138. The van der Waals surface area contributed by atoms with Crippen LogP contribution in [0.25, 0.3) is 17.0 Å². The number of hydroxylamine groups is 1. The number of carbonyl (C=O) groups excluding carboxylic acids is 1. The normalized spacial score (nSPS) is 11.8. The van der Waals surface area contributed by atoms with Crippen molar-refractivity contribution >= 4 is 28.9 Å². The predicted molar refractivity (Wildman–Crippen MR) is 123 cm³/mol. The molecule has 170 valence electrons. The zero-order valence-corrected chi connectivity index (χ0v) is 18.1. The molecule has 3 rings (SSSR count). The van der Waals surface area contributed by atoms with E-state index < -0.39 is 18.0 Å². The van der Waals surface area contributed by atoms with Crippen LogP contribution in [0.2, 0.25) is 0 Å². The van der Waals surface area contributed by atoms with E-state index in [-0.39, 0.29) is 0 Å². The summed E-state index contributed by atoms with van der Waals surface area (Å²) in [5.74, 6) is -1.72. The van der Waals surface area contributed by atoms with Gasteiger partial charge in [-0.05, 0) is 55.6 Å². The van der Waals surface area contributed by atoms with E-state index in [1.165, 1.54) is 40.7 Å². The number of amides is 1. The van der Waals surface area contributed by atoms with Crippen LogP contribution in [-0.4, -0.2) is 44.9 Å². The van der Waals surface area contributed by atoms with E-state index in [0.29, 0.717) is 0 Å². The number of fused-ring (bicyclic) bond motifs is 1. The molecular weight excluding hydrogens is 410 g/mol. The first-order chi connectivity index (χ1) is 15.3. The van der Waals surface area contributed by atoms with Gasteiger partial charge in [0, 0.05) is 29.2 Å². The van der Waals surface area contributed by atoms with Gasteiger partial charge >= 0.3 is 5.97 Å². The first-order valence-corrected chi connectivity index (χ1v) is 10.2. The number of carboxylic acids is 1. The Hall–Kier alpha value is -3.46. The summed E-state index contributed by atoms with van der Waals surface area (Å²) >= 11 is 0. The number of para-hydroxylation sites is 1. The second kappa shape index (κ2) is 12.4. The van der Waals surface area contributed by atoms with Gasteiger partial charge in [-0.25, -0.2) is 10.3 Å². The molecule has 0 aliphatic carbocycles. The molecule has 1 heterocycles. The Kier molecular flexibility index (Phi) is 9.62. The summed E-state index contributed by atoms with van der Waals surface area (Å²) < 4.78 is 0. The summed E-state index contributed by atoms with van der Waals surface area (Å²) in [7, 11) is 0. The van der Waals surface area contributed by atoms with Crippen LogP contribution in [0.5, 0.6) is 0 Å². The minimum atomic E-state index is -1.23. The highest BCUT2D eigenvalue weighted by Gasteiger charge is 2.07. The van der Waals surface area contributed by atoms with E-state index in [0.717, 1.165) is 25.1 Å². The van der Waals surface area contributed by atoms with Gasteiger partial charge in [-0.3, -0.25) is 10.0 Å². The highest BCUT2D eigenvalue weighted by atomic mass is 16.5. The van der Waals surface area contributed by atoms with Crippen molar-refractivity contribution < 1.29 is 25.0 Å². The van der Waals surface area contributed by atoms with Crippen LogP contribution in [0, 0.1) is 6.92 Å². The van der Waals surface area contributed by atoms with Crippen molar-refractivity contribution in [1.29, 1.82) is 0 Å². The van der Waals surface area contributed by atoms with E-state index in [4.69, 9.17) is 15.4 Å². The fourth-order valence-electron chi connectivity index (χ4n) is 3.06. The summed E-state index contributed by atoms with van der Waals surface area (Å²) in [6.07, 6.45) is 2.69. The van der Waals surface area contributed by atoms with Crippen LogP contribution >= 0.6 is 0 Å². The molecular formula is C24H29N3O5. The van der Waals surface area contributed by atoms with Gasteiger partial charge in [0.05, 0.1) is 0 Å². The van der Waals surface area contributed by atoms with Gasteiger partial charge in [0.2, 0.25) is 0 Å². The molecule has 0 saturated heterocycles. The third kappa shape index (κ3) is 7.66. The predicted octanol–water partition coefficient (Wildman–Crippen LogP) is 2.78. The number of hydrogen-bond acceptors (Lipinski definition) is 5. The van der Waals surface area contributed by atoms with Gasteiger partial charge in [-0.1, -0.05) is 42.5 Å². The lowest BCUT2D eigenvalue weighted by Crippen LogP contribution is -2.16. The third-order valence-corrected chi connectivity index (χ3v) is 4.78. The van der Waals surface area contributed by atoms with Crippen molar-refractivity contribution in [3.8, 4) is 0 Å². The largest absolute Gasteiger partial charge is 0.479 e. The molecule has 2 aromatic carbocycles. The zero-order chi connectivity index (χ0) is 23.5. The van der Waals surface area contributed by atoms with Crippen LogP contribution in [0.15, 0.2) is 54.6 Å². The number of aryl methyl sites for hydroxylation is 1. The fourth-order valence-corrected chi connectivity index (χ4v) is 3.06. The lowest BCUT2D eigenvalue weighted by Gasteiger charge is -2.06. The number of aromatic amines is 1. The lowest BCUT2D eigenvalue weighted by molar-refractivity contribution is -0.145. The maximum atomic E-state index is 11.0. The minimum Gasteiger partial charge on any atom is -0.479 e. The van der Waals surface area contributed by atoms with Crippen LogP contribution in [0.4, 0.5) is 0 Å². The molecule has 1 atom stereocenters. The Morgan fingerprint density at radius 1 is 1.12 bits per heavy atom. The number of aromatic nitrogens is 1. The van der Waals surface area contributed by atoms with E-state index in [2.05, 4.69) is 41.5 Å². The molecule has 0 bridgehead atoms. The minimum absolute atomic E-state index is 0.539. The van der Waals surface area contributed by atoms with Gasteiger partial charge in [-0.15, -0.1) is 0 Å². The molecule has 0 radical (unpaired) electrons. The number of aliphatic hydroxyl groups excluding tert-OH is 1. The highest BCUT2D eigenvalue weighted by Crippen LogP contribution is 2.21. The van der Waals surface area contributed by atoms with Gasteiger partial charge in [0.15, 0.2) is 0 Å². The molecule has 3 aromatic rings. The molecule has 1 aromatic heterocycles. The highest BCUT2D eigenvalue weighted by molar-refractivity contribution is 5.90. The smallest absolute Gasteiger partial charge is 0.332 e. The summed E-state index contributed by atoms with van der Waals surface area (Å²) in [6.45, 7) is 5.02. The third-order valence-electron chi connectivity index (χ3n) is 4.78. The molecule has 1 amide bonds. The van der Waals surface area contributed by atoms with Crippen molar-refractivity contribution in [2.24, 2.45) is 0 Å². The molecule has 32 heavy (non-hydrogen) atoms. The average Bonchev–Trinajstić information content (AvgIpc) is 3.11. The lowest BCUT2D eigenvalue weighted by atomic mass is 10.1. The average molecular weight is 440 g/mol. The molecule has 6 N–H and O–H groups in total. The Balaban J connectivity index is 0.000000534. The number of aliphatic carboxylic acids is 1. The maximum Gasteiger partial charge on any atom is 0.332 e. The van der Waals surface area contributed by atoms with Crippen molar-refractivity contribution in [3.05, 3.63) is 77.0 Å². The SMILES string of the molecule is CC(O)C(=O)O.Cc1[nH]c2ccccc2c1CCNCc1ccc(C=CC(=O)NO)cc1. The number of rotatable bonds is 8. The van der Waals surface area contributed by atoms with Crippen molar-refractivity contribution in [1.82, 2.24) is 15.8 Å². The fraction of sp³-hybridized carbons (Fsp3) is 0.250. The number of nitrogens with one attached hydrogen (secondary N) is 3. The van der Waals surface area contributed by atoms with E-state index >= 15 is 0 Å². The van der Waals surface area contributed by atoms with Crippen molar-refractivity contribution in [2.45, 2.75) is 32.9 Å². The number of aliphatic hydroxyl groups is 1. The summed E-state index contributed by atoms with van der Waals surface area (Å²) in [5.41, 5.74) is 7.46. The number of carbonyl (C=O) groups is 2. The topological polar surface area (TPSA) is 135 Å². The van der Waals surface area contributed by atoms with Crippen molar-refractivity contribution in [2.75, 3.05) is 6.54 Å². The molecule has 0 spiro atoms. The van der Waals surface area contributed by atoms with Gasteiger partial charge in [0.25, 0.3) is 5.91 Å². The second-order valence-electron chi connectivity index (χ2n) is 7.27. The summed E-state index contributed by atoms with van der Waals surface area (Å²) in [5, 5.41) is 29.0. The molecule has 1 unspecified atom stereocenters. The van der Waals surface area contributed by atoms with E-state index in [1.54, 1.807) is 11.6 Å². The number of benzene rings is 2. The van der Waals surface area contributed by atoms with Crippen molar-refractivity contribution in [3.63, 3.8) is 0 Å². The number of H-pyrrole nitrogens is 1. The van der Waals surface area contributed by atoms with Crippen LogP contribution in [0.1, 0.15) is 29.3 Å². The Labute approximate surface area is 186 Å². The Morgan fingerprint density at radius 3 is 2.41 bits per heavy atom. The summed E-state index contributed by atoms with van der Waals surface area (Å²) in [6, 6.07) is 16.4. The molecule has 0 aliphatic rings. The second-order valence-corrected chi connectivity index (χ2v) is 7.27. The van der Waals surface area contributed by atoms with Gasteiger partial charge in [-0.2, -0.15) is 0 Å². The molecule has 8 nitrogen and oxygen atoms in total. The van der Waals surface area contributed by atoms with E-state index in [1.807, 2.05) is 24.3 Å². The maximum absolute atomic E-state index is 11.0. The molecule has 0 fully saturated rings. The zero-order valence-electron chi connectivity index (χ0n) is 18.1. The Bertz CT molecular complexity index is 1060. The first kappa shape index (κ1) is 24.8. The summed E-state index contributed by atoms with van der Waals surface area (Å²) in [4.78, 5) is 23.9. The van der Waals surface area contributed by atoms with Gasteiger partial charge in [0.1, 0.15) is 6.10 Å². The van der Waals surface area contributed by atoms with Crippen LogP contribution in [0.3, 0.4) is 0 Å². The monoisotopic (exact) mass is 439 g/mol. The Morgan fingerprint density at radius 2 is 1.78 bits per heavy atom. The molecule has 0 aliphatic heterocycles. The number of hydrogen-bond donors (Lipinski definition) is 6. The standard InChI is InChI=1S/C21H23N3O2.C3H6O3/c1-15-18(19-4-2-3-5-20(19)23-15)12-13-22-14-17-8-6-16(7-9-17)10-11-21(25)24-26;1-2(4)3(5)6/h2-11,22-23,26H,12-14H2,1H3,(H,24,25);2,4H,1H3,(H,5,6).